The SMILES string of the molecule is O=C1C(=O)N(CCc2c[nH]c3ccccc23)[C@H](c2cccs2)C1=C(O)c1ccc(Br)cc1. The molecule has 1 saturated heterocycles. The van der Waals surface area contributed by atoms with Crippen LogP contribution in [0.3, 0.4) is 0 Å². The summed E-state index contributed by atoms with van der Waals surface area (Å²) in [6.07, 6.45) is 2.54. The maximum atomic E-state index is 13.1. The van der Waals surface area contributed by atoms with Gasteiger partial charge in [-0.3, -0.25) is 9.59 Å². The Balaban J connectivity index is 1.53. The van der Waals surface area contributed by atoms with E-state index in [1.54, 1.807) is 29.2 Å². The predicted octanol–water partition coefficient (Wildman–Crippen LogP) is 5.66. The first-order valence-electron chi connectivity index (χ1n) is 10.2. The number of benzene rings is 2. The Kier molecular flexibility index (Phi) is 5.45. The van der Waals surface area contributed by atoms with Crippen molar-refractivity contribution in [3.8, 4) is 0 Å². The fraction of sp³-hybridized carbons (Fsp3) is 0.120. The van der Waals surface area contributed by atoms with Gasteiger partial charge in [-0.05, 0) is 41.6 Å². The Labute approximate surface area is 197 Å². The second-order valence-electron chi connectivity index (χ2n) is 7.62. The largest absolute Gasteiger partial charge is 0.507 e. The van der Waals surface area contributed by atoms with Crippen molar-refractivity contribution < 1.29 is 14.7 Å². The Morgan fingerprint density at radius 1 is 1.06 bits per heavy atom. The van der Waals surface area contributed by atoms with Gasteiger partial charge in [-0.2, -0.15) is 0 Å². The Morgan fingerprint density at radius 2 is 1.84 bits per heavy atom. The van der Waals surface area contributed by atoms with Gasteiger partial charge in [-0.15, -0.1) is 11.3 Å². The number of hydrogen-bond donors (Lipinski definition) is 2. The number of H-pyrrole nitrogens is 1. The number of halogens is 1. The first-order chi connectivity index (χ1) is 15.5. The van der Waals surface area contributed by atoms with E-state index in [4.69, 9.17) is 0 Å². The first kappa shape index (κ1) is 20.7. The molecule has 2 N–H and O–H groups in total. The van der Waals surface area contributed by atoms with E-state index in [9.17, 15) is 14.7 Å². The van der Waals surface area contributed by atoms with Crippen molar-refractivity contribution >= 4 is 55.6 Å². The molecule has 0 unspecified atom stereocenters. The minimum Gasteiger partial charge on any atom is -0.507 e. The molecule has 0 saturated carbocycles. The van der Waals surface area contributed by atoms with E-state index in [-0.39, 0.29) is 11.3 Å². The summed E-state index contributed by atoms with van der Waals surface area (Å²) in [5.74, 6) is -1.38. The molecule has 0 aliphatic carbocycles. The minimum absolute atomic E-state index is 0.138. The highest BCUT2D eigenvalue weighted by molar-refractivity contribution is 9.10. The monoisotopic (exact) mass is 506 g/mol. The van der Waals surface area contributed by atoms with Crippen molar-refractivity contribution in [1.29, 1.82) is 0 Å². The first-order valence-corrected chi connectivity index (χ1v) is 11.8. The summed E-state index contributed by atoms with van der Waals surface area (Å²) in [6.45, 7) is 0.367. The number of Topliss-reactive ketones (excluding diaryl/α,β-unsaturated/α-hetero) is 1. The third-order valence-corrected chi connectivity index (χ3v) is 7.22. The smallest absolute Gasteiger partial charge is 0.295 e. The summed E-state index contributed by atoms with van der Waals surface area (Å²) in [5.41, 5.74) is 2.76. The van der Waals surface area contributed by atoms with Gasteiger partial charge in [-0.1, -0.05) is 52.3 Å². The number of likely N-dealkylation sites (tertiary alicyclic amines) is 1. The summed E-state index contributed by atoms with van der Waals surface area (Å²) in [4.78, 5) is 31.8. The molecule has 1 aliphatic rings. The lowest BCUT2D eigenvalue weighted by Crippen LogP contribution is -2.31. The van der Waals surface area contributed by atoms with Gasteiger partial charge in [0.05, 0.1) is 11.6 Å². The molecule has 1 atom stereocenters. The molecule has 0 bridgehead atoms. The lowest BCUT2D eigenvalue weighted by molar-refractivity contribution is -0.139. The van der Waals surface area contributed by atoms with Crippen LogP contribution >= 0.6 is 27.3 Å². The zero-order valence-electron chi connectivity index (χ0n) is 16.9. The number of aliphatic hydroxyl groups excluding tert-OH is 1. The molecule has 1 amide bonds. The molecule has 0 spiro atoms. The number of hydrogen-bond acceptors (Lipinski definition) is 4. The highest BCUT2D eigenvalue weighted by atomic mass is 79.9. The molecule has 5 rings (SSSR count). The number of fused-ring (bicyclic) bond motifs is 1. The number of nitrogens with one attached hydrogen (secondary N) is 1. The van der Waals surface area contributed by atoms with Crippen LogP contribution in [0.4, 0.5) is 0 Å². The van der Waals surface area contributed by atoms with E-state index in [1.165, 1.54) is 11.3 Å². The molecule has 1 aliphatic heterocycles. The van der Waals surface area contributed by atoms with Gasteiger partial charge in [0.1, 0.15) is 5.76 Å². The second kappa shape index (κ2) is 8.41. The third-order valence-electron chi connectivity index (χ3n) is 5.77. The van der Waals surface area contributed by atoms with Crippen LogP contribution in [0.15, 0.2) is 82.3 Å². The van der Waals surface area contributed by atoms with Crippen molar-refractivity contribution in [3.63, 3.8) is 0 Å². The predicted molar refractivity (Wildman–Crippen MR) is 129 cm³/mol. The van der Waals surface area contributed by atoms with Crippen molar-refractivity contribution in [3.05, 3.63) is 98.3 Å². The number of aliphatic hydroxyl groups is 1. The lowest BCUT2D eigenvalue weighted by atomic mass is 10.00. The van der Waals surface area contributed by atoms with Gasteiger partial charge >= 0.3 is 0 Å². The molecule has 160 valence electrons. The van der Waals surface area contributed by atoms with Crippen LogP contribution in [0.5, 0.6) is 0 Å². The number of carbonyl (C=O) groups is 2. The quantitative estimate of drug-likeness (QED) is 0.208. The number of rotatable bonds is 5. The van der Waals surface area contributed by atoms with Crippen LogP contribution in [0, 0.1) is 0 Å². The average Bonchev–Trinajstić information content (AvgIpc) is 3.52. The highest BCUT2D eigenvalue weighted by Crippen LogP contribution is 2.41. The maximum absolute atomic E-state index is 13.1. The van der Waals surface area contributed by atoms with Gasteiger partial charge in [0, 0.05) is 38.6 Å². The van der Waals surface area contributed by atoms with E-state index in [0.29, 0.717) is 18.5 Å². The van der Waals surface area contributed by atoms with Crippen LogP contribution in [0.2, 0.25) is 0 Å². The van der Waals surface area contributed by atoms with Gasteiger partial charge in [-0.25, -0.2) is 0 Å². The summed E-state index contributed by atoms with van der Waals surface area (Å²) in [6, 6.07) is 18.2. The van der Waals surface area contributed by atoms with Crippen molar-refractivity contribution in [1.82, 2.24) is 9.88 Å². The van der Waals surface area contributed by atoms with Gasteiger partial charge in [0.25, 0.3) is 11.7 Å². The molecule has 7 heteroatoms. The van der Waals surface area contributed by atoms with Crippen molar-refractivity contribution in [2.75, 3.05) is 6.54 Å². The van der Waals surface area contributed by atoms with Crippen molar-refractivity contribution in [2.45, 2.75) is 12.5 Å². The fourth-order valence-corrected chi connectivity index (χ4v) is 5.31. The van der Waals surface area contributed by atoms with Gasteiger partial charge < -0.3 is 15.0 Å². The second-order valence-corrected chi connectivity index (χ2v) is 9.52. The van der Waals surface area contributed by atoms with Gasteiger partial charge in [0.2, 0.25) is 0 Å². The summed E-state index contributed by atoms with van der Waals surface area (Å²) in [7, 11) is 0. The highest BCUT2D eigenvalue weighted by Gasteiger charge is 2.46. The number of ketones is 1. The molecular formula is C25H19BrN2O3S. The van der Waals surface area contributed by atoms with E-state index < -0.39 is 17.7 Å². The molecule has 2 aromatic carbocycles. The summed E-state index contributed by atoms with van der Waals surface area (Å²) < 4.78 is 0.864. The summed E-state index contributed by atoms with van der Waals surface area (Å²) >= 11 is 4.85. The molecular weight excluding hydrogens is 488 g/mol. The fourth-order valence-electron chi connectivity index (χ4n) is 4.20. The zero-order chi connectivity index (χ0) is 22.2. The standard InChI is InChI=1S/C25H19BrN2O3S/c26-17-9-7-15(8-10-17)23(29)21-22(20-6-3-13-32-20)28(25(31)24(21)30)12-11-16-14-27-19-5-2-1-4-18(16)19/h1-10,13-14,22,27,29H,11-12H2/t22-/m1/s1. The Bertz CT molecular complexity index is 1340. The zero-order valence-corrected chi connectivity index (χ0v) is 19.3. The van der Waals surface area contributed by atoms with E-state index in [2.05, 4.69) is 20.9 Å². The number of amides is 1. The van der Waals surface area contributed by atoms with Crippen LogP contribution in [0.1, 0.15) is 22.0 Å². The number of para-hydroxylation sites is 1. The number of carbonyl (C=O) groups excluding carboxylic acids is 2. The topological polar surface area (TPSA) is 73.4 Å². The van der Waals surface area contributed by atoms with Crippen LogP contribution in [-0.2, 0) is 16.0 Å². The molecule has 32 heavy (non-hydrogen) atoms. The maximum Gasteiger partial charge on any atom is 0.295 e. The number of nitrogens with zero attached hydrogens (tertiary/aromatic N) is 1. The summed E-state index contributed by atoms with van der Waals surface area (Å²) in [5, 5.41) is 14.1. The molecule has 3 heterocycles. The van der Waals surface area contributed by atoms with E-state index >= 15 is 0 Å². The molecule has 2 aromatic heterocycles. The molecule has 5 nitrogen and oxygen atoms in total. The number of aromatic nitrogens is 1. The minimum atomic E-state index is -0.650. The average molecular weight is 507 g/mol. The van der Waals surface area contributed by atoms with E-state index in [1.807, 2.05) is 48.0 Å². The van der Waals surface area contributed by atoms with Gasteiger partial charge in [0.15, 0.2) is 0 Å². The third kappa shape index (κ3) is 3.57. The number of aromatic amines is 1. The lowest BCUT2D eigenvalue weighted by Gasteiger charge is -2.24. The molecule has 4 aromatic rings. The van der Waals surface area contributed by atoms with Crippen LogP contribution < -0.4 is 0 Å². The van der Waals surface area contributed by atoms with Crippen molar-refractivity contribution in [2.24, 2.45) is 0 Å². The van der Waals surface area contributed by atoms with E-state index in [0.717, 1.165) is 25.8 Å². The molecule has 1 fully saturated rings. The molecule has 0 radical (unpaired) electrons. The Hall–Kier alpha value is -3.16. The normalized spacial score (nSPS) is 18.0. The Morgan fingerprint density at radius 3 is 2.59 bits per heavy atom. The van der Waals surface area contributed by atoms with Crippen LogP contribution in [0.25, 0.3) is 16.7 Å². The number of thiophene rings is 1. The van der Waals surface area contributed by atoms with Crippen LogP contribution in [-0.4, -0.2) is 33.2 Å².